The first-order chi connectivity index (χ1) is 7.91. The van der Waals surface area contributed by atoms with E-state index in [1.807, 2.05) is 0 Å². The van der Waals surface area contributed by atoms with Crippen molar-refractivity contribution in [1.82, 2.24) is 4.98 Å². The second kappa shape index (κ2) is 5.35. The Hall–Kier alpha value is -1.31. The predicted molar refractivity (Wildman–Crippen MR) is 55.5 cm³/mol. The molecule has 0 amide bonds. The number of aldehydes is 1. The zero-order chi connectivity index (χ0) is 13.1. The van der Waals surface area contributed by atoms with E-state index < -0.39 is 12.1 Å². The van der Waals surface area contributed by atoms with Crippen LogP contribution in [0.4, 0.5) is 13.2 Å². The van der Waals surface area contributed by atoms with Gasteiger partial charge in [-0.1, -0.05) is 15.9 Å². The van der Waals surface area contributed by atoms with E-state index in [9.17, 15) is 18.0 Å². The molecule has 0 saturated heterocycles. The van der Waals surface area contributed by atoms with Gasteiger partial charge in [-0.15, -0.1) is 13.2 Å². The van der Waals surface area contributed by atoms with E-state index in [-0.39, 0.29) is 28.8 Å². The number of hydrogen-bond acceptors (Lipinski definition) is 4. The third kappa shape index (κ3) is 3.58. The Kier molecular flexibility index (Phi) is 4.33. The van der Waals surface area contributed by atoms with Crippen molar-refractivity contribution in [1.29, 1.82) is 0 Å². The number of aromatic nitrogens is 1. The number of pyridine rings is 1. The summed E-state index contributed by atoms with van der Waals surface area (Å²) >= 11 is 2.96. The Morgan fingerprint density at radius 2 is 2.18 bits per heavy atom. The van der Waals surface area contributed by atoms with Gasteiger partial charge in [-0.25, -0.2) is 4.98 Å². The molecule has 1 heterocycles. The van der Waals surface area contributed by atoms with Crippen LogP contribution in [-0.4, -0.2) is 24.7 Å². The molecule has 4 nitrogen and oxygen atoms in total. The molecule has 94 valence electrons. The summed E-state index contributed by atoms with van der Waals surface area (Å²) in [5.41, 5.74) is -0.340. The second-order valence-electron chi connectivity index (χ2n) is 2.83. The number of alkyl halides is 4. The fraction of sp³-hybridized carbons (Fsp3) is 0.333. The van der Waals surface area contributed by atoms with Gasteiger partial charge in [-0.2, -0.15) is 0 Å². The fourth-order valence-electron chi connectivity index (χ4n) is 1.10. The van der Waals surface area contributed by atoms with Gasteiger partial charge in [-0.05, 0) is 0 Å². The van der Waals surface area contributed by atoms with Crippen LogP contribution in [0.2, 0.25) is 0 Å². The van der Waals surface area contributed by atoms with E-state index in [1.165, 1.54) is 7.11 Å². The molecule has 1 aromatic rings. The van der Waals surface area contributed by atoms with Gasteiger partial charge in [0.05, 0.1) is 18.4 Å². The van der Waals surface area contributed by atoms with Crippen LogP contribution >= 0.6 is 15.9 Å². The molecule has 0 bridgehead atoms. The maximum Gasteiger partial charge on any atom is 0.573 e. The number of halogens is 4. The van der Waals surface area contributed by atoms with Crippen molar-refractivity contribution >= 4 is 22.2 Å². The van der Waals surface area contributed by atoms with Crippen molar-refractivity contribution in [2.75, 3.05) is 7.11 Å². The van der Waals surface area contributed by atoms with E-state index in [2.05, 4.69) is 25.7 Å². The number of nitrogens with zero attached hydrogens (tertiary/aromatic N) is 1. The standard InChI is InChI=1S/C9H7BrF3NO3/c1-16-7-2-5(4-15)8(6(3-10)14-7)17-9(11,12)13/h2,4H,3H2,1H3. The molecule has 8 heteroatoms. The Balaban J connectivity index is 3.29. The topological polar surface area (TPSA) is 48.4 Å². The summed E-state index contributed by atoms with van der Waals surface area (Å²) in [6.45, 7) is 0. The minimum Gasteiger partial charge on any atom is -0.481 e. The smallest absolute Gasteiger partial charge is 0.481 e. The first-order valence-corrected chi connectivity index (χ1v) is 5.38. The Labute approximate surface area is 103 Å². The highest BCUT2D eigenvalue weighted by atomic mass is 79.9. The van der Waals surface area contributed by atoms with Gasteiger partial charge in [-0.3, -0.25) is 4.79 Å². The van der Waals surface area contributed by atoms with Gasteiger partial charge in [0.25, 0.3) is 0 Å². The number of methoxy groups -OCH3 is 1. The normalized spacial score (nSPS) is 11.1. The maximum absolute atomic E-state index is 12.1. The maximum atomic E-state index is 12.1. The number of rotatable bonds is 4. The summed E-state index contributed by atoms with van der Waals surface area (Å²) in [6.07, 6.45) is -4.64. The second-order valence-corrected chi connectivity index (χ2v) is 3.39. The van der Waals surface area contributed by atoms with Crippen LogP contribution in [0.5, 0.6) is 11.6 Å². The quantitative estimate of drug-likeness (QED) is 0.633. The molecule has 0 unspecified atom stereocenters. The van der Waals surface area contributed by atoms with Crippen LogP contribution in [0.15, 0.2) is 6.07 Å². The molecule has 0 N–H and O–H groups in total. The predicted octanol–water partition coefficient (Wildman–Crippen LogP) is 2.70. The van der Waals surface area contributed by atoms with Gasteiger partial charge in [0.15, 0.2) is 12.0 Å². The van der Waals surface area contributed by atoms with E-state index >= 15 is 0 Å². The molecule has 0 aliphatic heterocycles. The van der Waals surface area contributed by atoms with Crippen molar-refractivity contribution < 1.29 is 27.4 Å². The molecular weight excluding hydrogens is 307 g/mol. The van der Waals surface area contributed by atoms with Crippen LogP contribution in [0.25, 0.3) is 0 Å². The first-order valence-electron chi connectivity index (χ1n) is 4.26. The summed E-state index contributed by atoms with van der Waals surface area (Å²) in [6, 6.07) is 1.07. The summed E-state index contributed by atoms with van der Waals surface area (Å²) < 4.78 is 45.0. The molecule has 0 fully saturated rings. The molecular formula is C9H7BrF3NO3. The van der Waals surface area contributed by atoms with Crippen molar-refractivity contribution in [2.24, 2.45) is 0 Å². The van der Waals surface area contributed by atoms with Crippen LogP contribution in [-0.2, 0) is 5.33 Å². The van der Waals surface area contributed by atoms with E-state index in [1.54, 1.807) is 0 Å². The van der Waals surface area contributed by atoms with E-state index in [4.69, 9.17) is 4.74 Å². The Morgan fingerprint density at radius 1 is 1.53 bits per heavy atom. The van der Waals surface area contributed by atoms with Crippen LogP contribution in [0.1, 0.15) is 16.1 Å². The lowest BCUT2D eigenvalue weighted by atomic mass is 10.2. The molecule has 17 heavy (non-hydrogen) atoms. The summed E-state index contributed by atoms with van der Waals surface area (Å²) in [5.74, 6) is -0.582. The molecule has 1 rings (SSSR count). The molecule has 0 aliphatic carbocycles. The summed E-state index contributed by atoms with van der Waals surface area (Å²) in [5, 5.41) is -0.00352. The monoisotopic (exact) mass is 313 g/mol. The van der Waals surface area contributed by atoms with Crippen molar-refractivity contribution in [3.63, 3.8) is 0 Å². The van der Waals surface area contributed by atoms with Crippen molar-refractivity contribution in [3.05, 3.63) is 17.3 Å². The zero-order valence-corrected chi connectivity index (χ0v) is 10.1. The molecule has 0 aromatic carbocycles. The van der Waals surface area contributed by atoms with Crippen LogP contribution < -0.4 is 9.47 Å². The van der Waals surface area contributed by atoms with Gasteiger partial charge < -0.3 is 9.47 Å². The Morgan fingerprint density at radius 3 is 2.59 bits per heavy atom. The molecule has 0 atom stereocenters. The lowest BCUT2D eigenvalue weighted by Gasteiger charge is -2.14. The third-order valence-electron chi connectivity index (χ3n) is 1.73. The molecule has 0 spiro atoms. The van der Waals surface area contributed by atoms with Crippen molar-refractivity contribution in [3.8, 4) is 11.6 Å². The Bertz CT molecular complexity index is 423. The number of carbonyl (C=O) groups is 1. The number of carbonyl (C=O) groups excluding carboxylic acids is 1. The average molecular weight is 314 g/mol. The minimum absolute atomic E-state index is 0.00352. The van der Waals surface area contributed by atoms with Crippen LogP contribution in [0, 0.1) is 0 Å². The minimum atomic E-state index is -4.88. The zero-order valence-electron chi connectivity index (χ0n) is 8.55. The molecule has 1 aromatic heterocycles. The fourth-order valence-corrected chi connectivity index (χ4v) is 1.48. The van der Waals surface area contributed by atoms with Gasteiger partial charge >= 0.3 is 6.36 Å². The lowest BCUT2D eigenvalue weighted by molar-refractivity contribution is -0.275. The van der Waals surface area contributed by atoms with Crippen LogP contribution in [0.3, 0.4) is 0 Å². The highest BCUT2D eigenvalue weighted by molar-refractivity contribution is 9.08. The van der Waals surface area contributed by atoms with Gasteiger partial charge in [0.2, 0.25) is 5.88 Å². The average Bonchev–Trinajstić information content (AvgIpc) is 2.27. The SMILES string of the molecule is COc1cc(C=O)c(OC(F)(F)F)c(CBr)n1. The van der Waals surface area contributed by atoms with Crippen molar-refractivity contribution in [2.45, 2.75) is 11.7 Å². The largest absolute Gasteiger partial charge is 0.573 e. The summed E-state index contributed by atoms with van der Waals surface area (Å²) in [7, 11) is 1.29. The molecule has 0 aliphatic rings. The highest BCUT2D eigenvalue weighted by Gasteiger charge is 2.33. The van der Waals surface area contributed by atoms with Gasteiger partial charge in [0, 0.05) is 11.4 Å². The lowest BCUT2D eigenvalue weighted by Crippen LogP contribution is -2.19. The van der Waals surface area contributed by atoms with E-state index in [0.29, 0.717) is 0 Å². The molecule has 0 saturated carbocycles. The number of ether oxygens (including phenoxy) is 2. The van der Waals surface area contributed by atoms with Gasteiger partial charge in [0.1, 0.15) is 0 Å². The summed E-state index contributed by atoms with van der Waals surface area (Å²) in [4.78, 5) is 14.5. The number of hydrogen-bond donors (Lipinski definition) is 0. The first kappa shape index (κ1) is 13.8. The highest BCUT2D eigenvalue weighted by Crippen LogP contribution is 2.31. The molecule has 0 radical (unpaired) electrons. The van der Waals surface area contributed by atoms with E-state index in [0.717, 1.165) is 6.07 Å². The third-order valence-corrected chi connectivity index (χ3v) is 2.26.